The second-order valence-corrected chi connectivity index (χ2v) is 32.8. The number of ketones is 1. The first-order valence-corrected chi connectivity index (χ1v) is 42.9. The number of fused-ring (bicyclic) bond motifs is 4. The summed E-state index contributed by atoms with van der Waals surface area (Å²) in [6.45, 7) is 0.418. The molecule has 3 aliphatic rings. The van der Waals surface area contributed by atoms with Crippen molar-refractivity contribution in [3.8, 4) is 5.75 Å². The molecule has 8 rings (SSSR count). The summed E-state index contributed by atoms with van der Waals surface area (Å²) in [7, 11) is 3.80. The van der Waals surface area contributed by atoms with Crippen LogP contribution in [0.15, 0.2) is 85.2 Å². The molecule has 3 aromatic carbocycles. The van der Waals surface area contributed by atoms with Gasteiger partial charge in [0.1, 0.15) is 72.2 Å². The number of aliphatic hydroxyl groups excluding tert-OH is 3. The van der Waals surface area contributed by atoms with Crippen LogP contribution < -0.4 is 65.1 Å². The second-order valence-electron chi connectivity index (χ2n) is 31.8. The maximum Gasteiger partial charge on any atom is 0.246 e. The van der Waals surface area contributed by atoms with Gasteiger partial charge in [-0.2, -0.15) is 0 Å². The van der Waals surface area contributed by atoms with Crippen molar-refractivity contribution in [1.82, 2.24) is 82.3 Å². The van der Waals surface area contributed by atoms with Gasteiger partial charge in [-0.15, -0.1) is 11.8 Å². The predicted octanol–water partition coefficient (Wildman–Crippen LogP) is -4.22. The van der Waals surface area contributed by atoms with Crippen molar-refractivity contribution in [2.75, 3.05) is 72.0 Å². The van der Waals surface area contributed by atoms with E-state index in [1.807, 2.05) is 6.92 Å². The number of nitrogens with two attached hydrogens (primary N) is 3. The number of amides is 17. The Hall–Kier alpha value is -12.6. The molecule has 684 valence electrons. The summed E-state index contributed by atoms with van der Waals surface area (Å²) in [6.07, 6.45) is -0.222. The number of hydrogen-bond donors (Lipinski definition) is 18. The average Bonchev–Trinajstić information content (AvgIpc) is 1.76. The van der Waals surface area contributed by atoms with Gasteiger partial charge in [0.2, 0.25) is 100 Å². The zero-order chi connectivity index (χ0) is 92.3. The predicted molar refractivity (Wildman–Crippen MR) is 457 cm³/mol. The van der Waals surface area contributed by atoms with E-state index in [1.165, 1.54) is 52.3 Å². The summed E-state index contributed by atoms with van der Waals surface area (Å²) in [6, 6.07) is 0.332. The number of nitrogens with zero attached hydrogens (tertiary/aromatic N) is 5. The third kappa shape index (κ3) is 27.0. The zero-order valence-electron chi connectivity index (χ0n) is 71.2. The van der Waals surface area contributed by atoms with Crippen LogP contribution in [0.4, 0.5) is 0 Å². The van der Waals surface area contributed by atoms with Crippen molar-refractivity contribution >= 4 is 140 Å². The molecular weight excluding hydrogens is 1660 g/mol. The molecule has 5 heterocycles. The normalized spacial score (nSPS) is 25.1. The van der Waals surface area contributed by atoms with E-state index in [4.69, 9.17) is 17.2 Å². The highest BCUT2D eigenvalue weighted by atomic mass is 32.2. The second kappa shape index (κ2) is 47.0. The molecule has 126 heavy (non-hydrogen) atoms. The number of H-pyrrole nitrogens is 2. The molecule has 0 aliphatic carbocycles. The van der Waals surface area contributed by atoms with Crippen molar-refractivity contribution in [3.05, 3.63) is 102 Å². The molecule has 0 bridgehead atoms. The molecule has 2 aromatic heterocycles. The van der Waals surface area contributed by atoms with Crippen molar-refractivity contribution < 1.29 is 107 Å². The van der Waals surface area contributed by atoms with Crippen LogP contribution in [0, 0.1) is 5.92 Å². The molecule has 41 nitrogen and oxygen atoms in total. The van der Waals surface area contributed by atoms with Crippen molar-refractivity contribution in [1.29, 1.82) is 0 Å². The van der Waals surface area contributed by atoms with Gasteiger partial charge in [0.05, 0.1) is 50.6 Å². The number of thioether (sulfide) groups is 1. The summed E-state index contributed by atoms with van der Waals surface area (Å²) in [5.41, 5.74) is 19.2. The number of phenolic OH excluding ortho intramolecular Hbond substituents is 1. The molecule has 0 unspecified atom stereocenters. The van der Waals surface area contributed by atoms with E-state index < -0.39 is 267 Å². The molecule has 3 saturated heterocycles. The summed E-state index contributed by atoms with van der Waals surface area (Å²) < 4.78 is 0. The molecule has 21 N–H and O–H groups in total. The van der Waals surface area contributed by atoms with Gasteiger partial charge in [0, 0.05) is 112 Å². The number of unbranched alkanes of at least 4 members (excludes halogenated alkanes) is 2. The van der Waals surface area contributed by atoms with E-state index in [-0.39, 0.29) is 57.2 Å². The lowest BCUT2D eigenvalue weighted by Gasteiger charge is -2.36. The number of likely N-dealkylation sites (N-methyl/N-ethyl adjacent to an activating group) is 3. The van der Waals surface area contributed by atoms with Crippen LogP contribution in [0.1, 0.15) is 121 Å². The summed E-state index contributed by atoms with van der Waals surface area (Å²) in [4.78, 5) is 268. The number of aromatic nitrogens is 2. The first-order valence-electron chi connectivity index (χ1n) is 41.8. The number of rotatable bonds is 22. The van der Waals surface area contributed by atoms with Crippen LogP contribution in [0.25, 0.3) is 21.8 Å². The fraction of sp³-hybridized carbons (Fsp3) is 0.524. The highest BCUT2D eigenvalue weighted by Crippen LogP contribution is 2.30. The number of primary amides is 3. The first kappa shape index (κ1) is 98.9. The molecule has 5 aromatic rings. The Balaban J connectivity index is 1.15. The number of hydrogen-bond acceptors (Lipinski definition) is 23. The summed E-state index contributed by atoms with van der Waals surface area (Å²) in [5, 5.41) is 67.0. The lowest BCUT2D eigenvalue weighted by atomic mass is 9.90. The Kier molecular flexibility index (Phi) is 36.8. The zero-order valence-corrected chi connectivity index (χ0v) is 72.0. The van der Waals surface area contributed by atoms with E-state index >= 15 is 24.0 Å². The van der Waals surface area contributed by atoms with E-state index in [2.05, 4.69) is 57.8 Å². The molecule has 0 radical (unpaired) electrons. The van der Waals surface area contributed by atoms with Crippen molar-refractivity contribution in [2.24, 2.45) is 23.1 Å². The minimum absolute atomic E-state index is 0.0176. The highest BCUT2D eigenvalue weighted by Gasteiger charge is 2.46. The van der Waals surface area contributed by atoms with E-state index in [0.29, 0.717) is 64.2 Å². The molecular formula is C84H115N19O22S. The fourth-order valence-electron chi connectivity index (χ4n) is 15.5. The van der Waals surface area contributed by atoms with Gasteiger partial charge >= 0.3 is 0 Å². The largest absolute Gasteiger partial charge is 0.508 e. The molecule has 0 spiro atoms. The number of carbonyl (C=O) groups excluding carboxylic acids is 18. The molecule has 17 amide bonds. The number of para-hydroxylation sites is 2. The monoisotopic (exact) mass is 1770 g/mol. The molecule has 42 heteroatoms. The fourth-order valence-corrected chi connectivity index (χ4v) is 16.3. The minimum atomic E-state index is -1.87. The molecule has 0 saturated carbocycles. The maximum atomic E-state index is 15.6. The van der Waals surface area contributed by atoms with Gasteiger partial charge in [-0.1, -0.05) is 88.1 Å². The van der Waals surface area contributed by atoms with Gasteiger partial charge in [-0.3, -0.25) is 86.3 Å². The van der Waals surface area contributed by atoms with Gasteiger partial charge in [-0.25, -0.2) is 0 Å². The Labute approximate surface area is 730 Å². The number of aliphatic hydroxyl groups is 3. The number of phenols is 1. The SMILES string of the molecule is CCCC[C@H]1C(=O)N(C)[C@@H](CCCC)C(=O)N[C@@H](CO)C(=O)N[C@H](C(=O)NCC(N)=O)CSCC(=O)N[C@@H](Cc2ccc(O)cc2)C(=O)N(C)[C@@H](C)C(=O)N[C@@H](CC(N)=O)C(=O)N2CCC[C@H]2C(=O)NCC(=O)N[C@@H](CCC(N)=O)C(=O)N2C[C@H](O)C[C@H]2C(=O)C[C@@H](Cc2c[nH]c3ccccc23)C(=O)N[C@@H](CO)C(=O)N[C@@H](Cc2c[nH]c3ccccc23)C(=O)N1C. The minimum Gasteiger partial charge on any atom is -0.508 e. The smallest absolute Gasteiger partial charge is 0.246 e. The lowest BCUT2D eigenvalue weighted by Crippen LogP contribution is -2.61. The Morgan fingerprint density at radius 2 is 1.09 bits per heavy atom. The number of benzene rings is 3. The number of aromatic amines is 2. The van der Waals surface area contributed by atoms with E-state index in [1.54, 1.807) is 67.8 Å². The van der Waals surface area contributed by atoms with Crippen LogP contribution in [0.3, 0.4) is 0 Å². The van der Waals surface area contributed by atoms with Gasteiger partial charge in [0.25, 0.3) is 0 Å². The van der Waals surface area contributed by atoms with Gasteiger partial charge < -0.3 is 120 Å². The van der Waals surface area contributed by atoms with Crippen LogP contribution in [0.5, 0.6) is 5.75 Å². The van der Waals surface area contributed by atoms with Crippen molar-refractivity contribution in [3.63, 3.8) is 0 Å². The topological polar surface area (TPSA) is 622 Å². The maximum absolute atomic E-state index is 15.6. The highest BCUT2D eigenvalue weighted by molar-refractivity contribution is 8.00. The lowest BCUT2D eigenvalue weighted by molar-refractivity contribution is -0.149. The summed E-state index contributed by atoms with van der Waals surface area (Å²) >= 11 is 0.721. The third-order valence-corrected chi connectivity index (χ3v) is 23.7. The van der Waals surface area contributed by atoms with Gasteiger partial charge in [0.15, 0.2) is 5.78 Å². The number of nitrogens with one attached hydrogen (secondary N) is 11. The number of aromatic hydroxyl groups is 1. The van der Waals surface area contributed by atoms with Crippen LogP contribution in [0.2, 0.25) is 0 Å². The van der Waals surface area contributed by atoms with Crippen LogP contribution in [-0.2, 0) is 106 Å². The Bertz CT molecular complexity index is 4790. The average molecular weight is 1780 g/mol. The molecule has 3 fully saturated rings. The number of Topliss-reactive ketones (excluding diaryl/α,β-unsaturated/α-hetero) is 1. The Morgan fingerprint density at radius 3 is 1.69 bits per heavy atom. The molecule has 3 aliphatic heterocycles. The quantitative estimate of drug-likeness (QED) is 0.0312. The third-order valence-electron chi connectivity index (χ3n) is 22.6. The summed E-state index contributed by atoms with van der Waals surface area (Å²) in [5.74, 6) is -20.1. The van der Waals surface area contributed by atoms with Gasteiger partial charge in [-0.05, 0) is 86.4 Å². The van der Waals surface area contributed by atoms with Crippen LogP contribution >= 0.6 is 11.8 Å². The first-order chi connectivity index (χ1) is 60.0. The van der Waals surface area contributed by atoms with E-state index in [9.17, 15) is 82.8 Å². The van der Waals surface area contributed by atoms with Crippen LogP contribution in [-0.4, -0.2) is 312 Å². The molecule has 14 atom stereocenters. The van der Waals surface area contributed by atoms with E-state index in [0.717, 1.165) is 36.3 Å². The Morgan fingerprint density at radius 1 is 0.540 bits per heavy atom. The number of carbonyl (C=O) groups is 18. The standard InChI is InChI=1S/C84H115N19O22S/c1-7-9-20-63-79(120)97-61(42-105)77(118)98-62(75(116)90-38-70(87)111)43-126-44-72(113)93-57(30-46-23-25-50(106)26-24-46)80(121)99(4)45(3)73(114)94-59(35-69(86)110)83(124)102-29-15-22-64(102)78(119)91-39-71(112)92-56(27-28-68(85)109)82(123)103-40-51(107)34-66(103)67(108)33-47(31-48-36-88-54-18-13-11-16-52(48)54)74(115)96-60(41-104)76(117)95-58(32-49-37-89-55-19-14-12-17-53(49)55)81(122)101(6)65(21-10-8-2)84(125)100(63)5/h11-14,16-19,23-26,36-37,45,47,51,56-66,88-89,104-107H,7-10,15,20-22,27-35,38-44H2,1-6H3,(H2,85,109)(H2,86,110)(H2,87,111)(H,90,116)(H,91,119)(H,92,112)(H,93,113)(H,94,114)(H,95,117)(H,96,115)(H,97,120)(H,98,118)/t45-,47+,51+,56-,57-,58-,59-,60-,61-,62-,63-,64-,65-,66-/m0/s1. The van der Waals surface area contributed by atoms with Crippen molar-refractivity contribution in [2.45, 2.75) is 202 Å².